The lowest BCUT2D eigenvalue weighted by Gasteiger charge is -2.12. The molecule has 0 aliphatic heterocycles. The van der Waals surface area contributed by atoms with E-state index in [0.717, 1.165) is 0 Å². The first-order valence-electron chi connectivity index (χ1n) is 7.14. The molecule has 0 atom stereocenters. The lowest BCUT2D eigenvalue weighted by atomic mass is 10.2. The van der Waals surface area contributed by atoms with Crippen molar-refractivity contribution in [2.45, 2.75) is 0 Å². The van der Waals surface area contributed by atoms with Crippen molar-refractivity contribution in [2.75, 3.05) is 11.2 Å². The van der Waals surface area contributed by atoms with Crippen LogP contribution in [0.5, 0.6) is 11.6 Å². The summed E-state index contributed by atoms with van der Waals surface area (Å²) < 4.78 is 19.1. The molecule has 0 aliphatic rings. The van der Waals surface area contributed by atoms with Gasteiger partial charge in [0, 0.05) is 6.20 Å². The first-order chi connectivity index (χ1) is 12.1. The third kappa shape index (κ3) is 3.78. The quantitative estimate of drug-likeness (QED) is 0.609. The SMILES string of the molecule is Nc1c(NNC(=O)c2ccccc2F)ncnc1Oc1cccnc1. The van der Waals surface area contributed by atoms with E-state index in [1.165, 1.54) is 30.7 Å². The minimum atomic E-state index is -0.675. The average molecular weight is 340 g/mol. The summed E-state index contributed by atoms with van der Waals surface area (Å²) in [6.07, 6.45) is 4.30. The highest BCUT2D eigenvalue weighted by Gasteiger charge is 2.13. The predicted molar refractivity (Wildman–Crippen MR) is 88.2 cm³/mol. The summed E-state index contributed by atoms with van der Waals surface area (Å²) in [6.45, 7) is 0. The van der Waals surface area contributed by atoms with E-state index in [1.807, 2.05) is 0 Å². The van der Waals surface area contributed by atoms with E-state index in [0.29, 0.717) is 5.75 Å². The van der Waals surface area contributed by atoms with Crippen LogP contribution in [0.15, 0.2) is 55.1 Å². The maximum Gasteiger partial charge on any atom is 0.272 e. The second-order valence-corrected chi connectivity index (χ2v) is 4.79. The number of carbonyl (C=O) groups excluding carboxylic acids is 1. The largest absolute Gasteiger partial charge is 0.435 e. The van der Waals surface area contributed by atoms with Gasteiger partial charge in [-0.1, -0.05) is 12.1 Å². The van der Waals surface area contributed by atoms with Crippen LogP contribution in [0.3, 0.4) is 0 Å². The van der Waals surface area contributed by atoms with Gasteiger partial charge in [0.05, 0.1) is 11.8 Å². The van der Waals surface area contributed by atoms with Gasteiger partial charge in [0.2, 0.25) is 5.88 Å². The number of rotatable bonds is 5. The van der Waals surface area contributed by atoms with Crippen LogP contribution in [0.1, 0.15) is 10.4 Å². The van der Waals surface area contributed by atoms with Crippen molar-refractivity contribution in [3.8, 4) is 11.6 Å². The molecule has 4 N–H and O–H groups in total. The van der Waals surface area contributed by atoms with Crippen molar-refractivity contribution in [1.29, 1.82) is 0 Å². The number of nitrogens with zero attached hydrogens (tertiary/aromatic N) is 3. The summed E-state index contributed by atoms with van der Waals surface area (Å²) >= 11 is 0. The Bertz CT molecular complexity index is 891. The molecule has 1 amide bonds. The van der Waals surface area contributed by atoms with Crippen molar-refractivity contribution >= 4 is 17.4 Å². The minimum absolute atomic E-state index is 0.0696. The maximum atomic E-state index is 13.6. The first kappa shape index (κ1) is 16.1. The number of hydrogen-bond acceptors (Lipinski definition) is 7. The molecular weight excluding hydrogens is 327 g/mol. The summed E-state index contributed by atoms with van der Waals surface area (Å²) in [4.78, 5) is 23.8. The summed E-state index contributed by atoms with van der Waals surface area (Å²) in [5, 5.41) is 0. The summed E-state index contributed by atoms with van der Waals surface area (Å²) in [5.74, 6) is -0.678. The summed E-state index contributed by atoms with van der Waals surface area (Å²) in [7, 11) is 0. The number of hydrazine groups is 1. The Morgan fingerprint density at radius 1 is 1.16 bits per heavy atom. The van der Waals surface area contributed by atoms with E-state index in [1.54, 1.807) is 24.4 Å². The fourth-order valence-electron chi connectivity index (χ4n) is 1.91. The lowest BCUT2D eigenvalue weighted by Crippen LogP contribution is -2.31. The molecule has 0 saturated carbocycles. The molecule has 2 heterocycles. The Balaban J connectivity index is 1.72. The normalized spacial score (nSPS) is 10.1. The molecule has 0 unspecified atom stereocenters. The molecule has 1 aromatic carbocycles. The molecule has 3 rings (SSSR count). The predicted octanol–water partition coefficient (Wildman–Crippen LogP) is 2.14. The highest BCUT2D eigenvalue weighted by atomic mass is 19.1. The second-order valence-electron chi connectivity index (χ2n) is 4.79. The Morgan fingerprint density at radius 3 is 2.76 bits per heavy atom. The van der Waals surface area contributed by atoms with Crippen LogP contribution >= 0.6 is 0 Å². The van der Waals surface area contributed by atoms with Gasteiger partial charge in [-0.2, -0.15) is 4.98 Å². The van der Waals surface area contributed by atoms with Gasteiger partial charge in [-0.05, 0) is 24.3 Å². The van der Waals surface area contributed by atoms with Crippen LogP contribution in [0.2, 0.25) is 0 Å². The van der Waals surface area contributed by atoms with Crippen molar-refractivity contribution in [1.82, 2.24) is 20.4 Å². The number of nitrogens with one attached hydrogen (secondary N) is 2. The van der Waals surface area contributed by atoms with Gasteiger partial charge < -0.3 is 10.5 Å². The molecular formula is C16H13FN6O2. The van der Waals surface area contributed by atoms with E-state index in [2.05, 4.69) is 25.8 Å². The zero-order valence-electron chi connectivity index (χ0n) is 12.8. The number of benzene rings is 1. The van der Waals surface area contributed by atoms with Crippen LogP contribution in [-0.4, -0.2) is 20.9 Å². The van der Waals surface area contributed by atoms with Crippen molar-refractivity contribution in [2.24, 2.45) is 0 Å². The van der Waals surface area contributed by atoms with Gasteiger partial charge in [-0.25, -0.2) is 9.37 Å². The number of halogens is 1. The smallest absolute Gasteiger partial charge is 0.272 e. The molecule has 25 heavy (non-hydrogen) atoms. The number of carbonyl (C=O) groups is 1. The number of pyridine rings is 1. The van der Waals surface area contributed by atoms with Crippen LogP contribution < -0.4 is 21.3 Å². The minimum Gasteiger partial charge on any atom is -0.435 e. The number of ether oxygens (including phenoxy) is 1. The third-order valence-electron chi connectivity index (χ3n) is 3.11. The van der Waals surface area contributed by atoms with Crippen molar-refractivity contribution in [3.05, 3.63) is 66.5 Å². The third-order valence-corrected chi connectivity index (χ3v) is 3.11. The van der Waals surface area contributed by atoms with Crippen molar-refractivity contribution < 1.29 is 13.9 Å². The number of nitrogen functional groups attached to an aromatic ring is 1. The topological polar surface area (TPSA) is 115 Å². The van der Waals surface area contributed by atoms with Gasteiger partial charge in [0.1, 0.15) is 23.6 Å². The molecule has 3 aromatic rings. The molecule has 0 saturated heterocycles. The van der Waals surface area contributed by atoms with Gasteiger partial charge >= 0.3 is 0 Å². The molecule has 126 valence electrons. The van der Waals surface area contributed by atoms with Gasteiger partial charge in [-0.15, -0.1) is 0 Å². The standard InChI is InChI=1S/C16H13FN6O2/c17-12-6-2-1-5-11(12)15(24)23-22-14-13(18)16(21-9-20-14)25-10-4-3-7-19-8-10/h1-9H,18H2,(H,23,24)(H,20,21,22). The van der Waals surface area contributed by atoms with Crippen LogP contribution in [0, 0.1) is 5.82 Å². The fraction of sp³-hybridized carbons (Fsp3) is 0. The van der Waals surface area contributed by atoms with Gasteiger partial charge in [0.15, 0.2) is 5.82 Å². The number of nitrogens with two attached hydrogens (primary N) is 1. The molecule has 0 spiro atoms. The average Bonchev–Trinajstić information content (AvgIpc) is 2.63. The van der Waals surface area contributed by atoms with Crippen LogP contribution in [-0.2, 0) is 0 Å². The molecule has 0 radical (unpaired) electrons. The summed E-state index contributed by atoms with van der Waals surface area (Å²) in [5.41, 5.74) is 10.7. The van der Waals surface area contributed by atoms with E-state index in [4.69, 9.17) is 10.5 Å². The molecule has 0 fully saturated rings. The highest BCUT2D eigenvalue weighted by Crippen LogP contribution is 2.28. The van der Waals surface area contributed by atoms with Gasteiger partial charge in [0.25, 0.3) is 5.91 Å². The van der Waals surface area contributed by atoms with E-state index in [9.17, 15) is 9.18 Å². The maximum absolute atomic E-state index is 13.6. The Hall–Kier alpha value is -3.75. The van der Waals surface area contributed by atoms with Crippen LogP contribution in [0.25, 0.3) is 0 Å². The zero-order chi connectivity index (χ0) is 17.6. The Morgan fingerprint density at radius 2 is 2.00 bits per heavy atom. The fourth-order valence-corrected chi connectivity index (χ4v) is 1.91. The molecule has 2 aromatic heterocycles. The van der Waals surface area contributed by atoms with Gasteiger partial charge in [-0.3, -0.25) is 20.6 Å². The Kier molecular flexibility index (Phi) is 4.65. The number of amides is 1. The first-order valence-corrected chi connectivity index (χ1v) is 7.14. The van der Waals surface area contributed by atoms with Crippen LogP contribution in [0.4, 0.5) is 15.9 Å². The van der Waals surface area contributed by atoms with Crippen molar-refractivity contribution in [3.63, 3.8) is 0 Å². The van der Waals surface area contributed by atoms with E-state index in [-0.39, 0.29) is 22.9 Å². The zero-order valence-corrected chi connectivity index (χ0v) is 12.8. The second kappa shape index (κ2) is 7.21. The van der Waals surface area contributed by atoms with E-state index >= 15 is 0 Å². The molecule has 0 aliphatic carbocycles. The summed E-state index contributed by atoms with van der Waals surface area (Å²) in [6, 6.07) is 8.96. The molecule has 9 heteroatoms. The number of anilines is 2. The lowest BCUT2D eigenvalue weighted by molar-refractivity contribution is 0.0958. The molecule has 0 bridgehead atoms. The number of hydrogen-bond donors (Lipinski definition) is 3. The highest BCUT2D eigenvalue weighted by molar-refractivity contribution is 5.95. The molecule has 8 nitrogen and oxygen atoms in total. The van der Waals surface area contributed by atoms with E-state index < -0.39 is 11.7 Å². The monoisotopic (exact) mass is 340 g/mol. The Labute approximate surface area is 141 Å². The number of aromatic nitrogens is 3.